The SMILES string of the molecule is CCCCN/C(=C\c1nc2c(nc1C#Cc1ccccc1)c(=O)n(C)c(=O)n2C)c1ccccc1. The molecule has 1 N–H and O–H groups in total. The molecule has 0 unspecified atom stereocenters. The summed E-state index contributed by atoms with van der Waals surface area (Å²) >= 11 is 0. The summed E-state index contributed by atoms with van der Waals surface area (Å²) in [4.78, 5) is 34.7. The molecule has 4 aromatic rings. The Labute approximate surface area is 203 Å². The van der Waals surface area contributed by atoms with Gasteiger partial charge in [-0.05, 0) is 36.1 Å². The van der Waals surface area contributed by atoms with Crippen LogP contribution in [0.15, 0.2) is 70.3 Å². The lowest BCUT2D eigenvalue weighted by Gasteiger charge is -2.13. The number of nitrogens with zero attached hydrogens (tertiary/aromatic N) is 4. The van der Waals surface area contributed by atoms with Crippen molar-refractivity contribution in [1.29, 1.82) is 0 Å². The van der Waals surface area contributed by atoms with Gasteiger partial charge < -0.3 is 5.32 Å². The molecule has 2 heterocycles. The number of hydrogen-bond donors (Lipinski definition) is 1. The lowest BCUT2D eigenvalue weighted by molar-refractivity contribution is 0.703. The number of aryl methyl sites for hydroxylation is 1. The summed E-state index contributed by atoms with van der Waals surface area (Å²) in [5.74, 6) is 6.21. The van der Waals surface area contributed by atoms with E-state index in [0.29, 0.717) is 11.4 Å². The van der Waals surface area contributed by atoms with Crippen LogP contribution >= 0.6 is 0 Å². The summed E-state index contributed by atoms with van der Waals surface area (Å²) in [6.07, 6.45) is 3.96. The minimum atomic E-state index is -0.502. The third-order valence-electron chi connectivity index (χ3n) is 5.61. The largest absolute Gasteiger partial charge is 0.384 e. The van der Waals surface area contributed by atoms with Crippen LogP contribution in [0.1, 0.15) is 42.3 Å². The Balaban J connectivity index is 1.97. The van der Waals surface area contributed by atoms with Crippen molar-refractivity contribution in [3.63, 3.8) is 0 Å². The van der Waals surface area contributed by atoms with Crippen molar-refractivity contribution in [3.8, 4) is 11.8 Å². The molecule has 7 nitrogen and oxygen atoms in total. The highest BCUT2D eigenvalue weighted by Gasteiger charge is 2.15. The minimum absolute atomic E-state index is 0.101. The van der Waals surface area contributed by atoms with Crippen LogP contribution in [0.25, 0.3) is 22.9 Å². The first-order valence-electron chi connectivity index (χ1n) is 11.6. The number of hydrogen-bond acceptors (Lipinski definition) is 5. The van der Waals surface area contributed by atoms with E-state index in [0.717, 1.165) is 40.8 Å². The molecule has 0 fully saturated rings. The molecule has 0 saturated carbocycles. The zero-order valence-corrected chi connectivity index (χ0v) is 20.1. The van der Waals surface area contributed by atoms with E-state index in [1.165, 1.54) is 11.6 Å². The fourth-order valence-corrected chi connectivity index (χ4v) is 3.61. The monoisotopic (exact) mass is 465 g/mol. The molecule has 4 rings (SSSR count). The van der Waals surface area contributed by atoms with E-state index >= 15 is 0 Å². The highest BCUT2D eigenvalue weighted by Crippen LogP contribution is 2.18. The van der Waals surface area contributed by atoms with Gasteiger partial charge in [-0.1, -0.05) is 67.8 Å². The molecule has 0 aliphatic rings. The molecule has 35 heavy (non-hydrogen) atoms. The number of aromatic nitrogens is 4. The average molecular weight is 466 g/mol. The van der Waals surface area contributed by atoms with E-state index in [2.05, 4.69) is 29.1 Å². The van der Waals surface area contributed by atoms with Crippen LogP contribution in [0, 0.1) is 11.8 Å². The molecule has 0 bridgehead atoms. The fraction of sp³-hybridized carbons (Fsp3) is 0.214. The topological polar surface area (TPSA) is 81.8 Å². The van der Waals surface area contributed by atoms with E-state index in [1.807, 2.05) is 66.7 Å². The minimum Gasteiger partial charge on any atom is -0.384 e. The molecule has 2 aromatic carbocycles. The predicted molar refractivity (Wildman–Crippen MR) is 140 cm³/mol. The molecule has 7 heteroatoms. The van der Waals surface area contributed by atoms with Crippen LogP contribution in [-0.4, -0.2) is 25.6 Å². The van der Waals surface area contributed by atoms with Crippen molar-refractivity contribution in [3.05, 3.63) is 104 Å². The summed E-state index contributed by atoms with van der Waals surface area (Å²) in [6.45, 7) is 2.93. The third-order valence-corrected chi connectivity index (χ3v) is 5.61. The maximum atomic E-state index is 12.8. The lowest BCUT2D eigenvalue weighted by atomic mass is 10.1. The molecule has 176 valence electrons. The summed E-state index contributed by atoms with van der Waals surface area (Å²) in [6, 6.07) is 19.5. The molecule has 0 amide bonds. The van der Waals surface area contributed by atoms with Gasteiger partial charge in [0.2, 0.25) is 0 Å². The van der Waals surface area contributed by atoms with E-state index < -0.39 is 11.2 Å². The van der Waals surface area contributed by atoms with Gasteiger partial charge in [-0.25, -0.2) is 14.8 Å². The Kier molecular flexibility index (Phi) is 7.22. The van der Waals surface area contributed by atoms with Gasteiger partial charge in [0.25, 0.3) is 5.56 Å². The molecule has 2 aromatic heterocycles. The molecule has 0 atom stereocenters. The second-order valence-corrected chi connectivity index (χ2v) is 8.16. The van der Waals surface area contributed by atoms with Crippen LogP contribution < -0.4 is 16.6 Å². The first-order chi connectivity index (χ1) is 17.0. The van der Waals surface area contributed by atoms with Crippen LogP contribution in [0.2, 0.25) is 0 Å². The number of benzene rings is 2. The second-order valence-electron chi connectivity index (χ2n) is 8.16. The summed E-state index contributed by atoms with van der Waals surface area (Å²) in [7, 11) is 3.01. The van der Waals surface area contributed by atoms with Gasteiger partial charge in [-0.2, -0.15) is 0 Å². The first-order valence-corrected chi connectivity index (χ1v) is 11.6. The summed E-state index contributed by atoms with van der Waals surface area (Å²) in [5, 5.41) is 3.49. The van der Waals surface area contributed by atoms with Crippen molar-refractivity contribution in [1.82, 2.24) is 24.4 Å². The van der Waals surface area contributed by atoms with Gasteiger partial charge >= 0.3 is 5.69 Å². The van der Waals surface area contributed by atoms with Crippen molar-refractivity contribution in [2.45, 2.75) is 19.8 Å². The number of rotatable bonds is 6. The molecular formula is C28H27N5O2. The molecule has 0 aliphatic carbocycles. The standard InChI is InChI=1S/C28H27N5O2/c1-4-5-18-29-23(21-14-10-7-11-15-21)19-24-22(17-16-20-12-8-6-9-13-20)30-25-26(31-24)32(2)28(35)33(3)27(25)34/h6-15,19,29H,4-5,18H2,1-3H3/b23-19-. The van der Waals surface area contributed by atoms with Crippen LogP contribution in [0.3, 0.4) is 0 Å². The average Bonchev–Trinajstić information content (AvgIpc) is 2.90. The summed E-state index contributed by atoms with van der Waals surface area (Å²) in [5.41, 5.74) is 2.88. The van der Waals surface area contributed by atoms with Crippen LogP contribution in [-0.2, 0) is 14.1 Å². The van der Waals surface area contributed by atoms with E-state index in [4.69, 9.17) is 4.98 Å². The Morgan fingerprint density at radius 3 is 2.31 bits per heavy atom. The van der Waals surface area contributed by atoms with Crippen molar-refractivity contribution in [2.75, 3.05) is 6.54 Å². The fourth-order valence-electron chi connectivity index (χ4n) is 3.61. The Morgan fingerprint density at radius 2 is 1.63 bits per heavy atom. The van der Waals surface area contributed by atoms with Crippen molar-refractivity contribution >= 4 is 22.9 Å². The van der Waals surface area contributed by atoms with E-state index in [1.54, 1.807) is 7.05 Å². The van der Waals surface area contributed by atoms with Crippen molar-refractivity contribution < 1.29 is 0 Å². The highest BCUT2D eigenvalue weighted by atomic mass is 16.2. The van der Waals surface area contributed by atoms with Gasteiger partial charge in [0.05, 0.1) is 0 Å². The van der Waals surface area contributed by atoms with E-state index in [-0.39, 0.29) is 11.2 Å². The van der Waals surface area contributed by atoms with Gasteiger partial charge in [0, 0.05) is 31.9 Å². The summed E-state index contributed by atoms with van der Waals surface area (Å²) < 4.78 is 2.37. The van der Waals surface area contributed by atoms with Gasteiger partial charge in [-0.15, -0.1) is 0 Å². The normalized spacial score (nSPS) is 11.2. The number of fused-ring (bicyclic) bond motifs is 1. The molecule has 0 radical (unpaired) electrons. The van der Waals surface area contributed by atoms with Crippen molar-refractivity contribution in [2.24, 2.45) is 14.1 Å². The Bertz CT molecular complexity index is 1560. The van der Waals surface area contributed by atoms with Gasteiger partial charge in [0.15, 0.2) is 11.2 Å². The highest BCUT2D eigenvalue weighted by molar-refractivity contribution is 5.82. The van der Waals surface area contributed by atoms with Gasteiger partial charge in [-0.3, -0.25) is 13.9 Å². The predicted octanol–water partition coefficient (Wildman–Crippen LogP) is 3.31. The second kappa shape index (κ2) is 10.7. The zero-order valence-electron chi connectivity index (χ0n) is 20.1. The quantitative estimate of drug-likeness (QED) is 0.349. The van der Waals surface area contributed by atoms with Crippen LogP contribution in [0.5, 0.6) is 0 Å². The lowest BCUT2D eigenvalue weighted by Crippen LogP contribution is -2.38. The number of unbranched alkanes of at least 4 members (excludes halogenated alkanes) is 1. The Morgan fingerprint density at radius 1 is 0.943 bits per heavy atom. The molecule has 0 saturated heterocycles. The van der Waals surface area contributed by atoms with Crippen LogP contribution in [0.4, 0.5) is 0 Å². The smallest absolute Gasteiger partial charge is 0.332 e. The zero-order chi connectivity index (χ0) is 24.8. The molecule has 0 spiro atoms. The first kappa shape index (κ1) is 23.7. The van der Waals surface area contributed by atoms with Gasteiger partial charge in [0.1, 0.15) is 11.4 Å². The maximum Gasteiger partial charge on any atom is 0.332 e. The van der Waals surface area contributed by atoms with E-state index in [9.17, 15) is 9.59 Å². The Hall–Kier alpha value is -4.44. The third kappa shape index (κ3) is 5.22. The maximum absolute atomic E-state index is 12.8. The molecule has 0 aliphatic heterocycles. The number of nitrogens with one attached hydrogen (secondary N) is 1. The molecular weight excluding hydrogens is 438 g/mol.